The smallest absolute Gasteiger partial charge is 0.225 e. The molecule has 0 aromatic carbocycles. The fraction of sp³-hybridized carbons (Fsp3) is 0.381. The first-order valence-corrected chi connectivity index (χ1v) is 9.73. The van der Waals surface area contributed by atoms with Gasteiger partial charge in [-0.3, -0.25) is 14.5 Å². The minimum absolute atomic E-state index is 0.0243. The molecule has 1 saturated heterocycles. The van der Waals surface area contributed by atoms with Gasteiger partial charge in [-0.25, -0.2) is 9.97 Å². The minimum Gasteiger partial charge on any atom is -0.334 e. The summed E-state index contributed by atoms with van der Waals surface area (Å²) < 4.78 is 1.80. The molecule has 3 aromatic heterocycles. The van der Waals surface area contributed by atoms with Crippen LogP contribution in [0.2, 0.25) is 0 Å². The van der Waals surface area contributed by atoms with Gasteiger partial charge < -0.3 is 4.90 Å². The Labute approximate surface area is 164 Å². The molecule has 4 rings (SSSR count). The Hall–Kier alpha value is -3.09. The Kier molecular flexibility index (Phi) is 5.41. The van der Waals surface area contributed by atoms with Crippen LogP contribution in [-0.4, -0.2) is 42.1 Å². The highest BCUT2D eigenvalue weighted by Gasteiger charge is 2.31. The van der Waals surface area contributed by atoms with Crippen LogP contribution in [0, 0.1) is 6.92 Å². The predicted molar refractivity (Wildman–Crippen MR) is 105 cm³/mol. The second-order valence-electron chi connectivity index (χ2n) is 7.07. The van der Waals surface area contributed by atoms with Crippen LogP contribution in [0.15, 0.2) is 49.2 Å². The molecule has 0 radical (unpaired) electrons. The van der Waals surface area contributed by atoms with Crippen LogP contribution in [-0.2, 0) is 11.3 Å². The summed E-state index contributed by atoms with van der Waals surface area (Å²) in [6, 6.07) is 5.77. The van der Waals surface area contributed by atoms with Crippen LogP contribution in [0.25, 0.3) is 11.1 Å². The van der Waals surface area contributed by atoms with E-state index in [1.165, 1.54) is 0 Å². The third-order valence-corrected chi connectivity index (χ3v) is 5.18. The zero-order chi connectivity index (χ0) is 19.3. The van der Waals surface area contributed by atoms with Crippen LogP contribution >= 0.6 is 0 Å². The second kappa shape index (κ2) is 8.29. The van der Waals surface area contributed by atoms with Crippen LogP contribution in [0.3, 0.4) is 0 Å². The zero-order valence-corrected chi connectivity index (χ0v) is 16.0. The lowest BCUT2D eigenvalue weighted by atomic mass is 9.93. The summed E-state index contributed by atoms with van der Waals surface area (Å²) >= 11 is 0. The third kappa shape index (κ3) is 3.93. The van der Waals surface area contributed by atoms with E-state index < -0.39 is 0 Å². The number of carbonyl (C=O) groups is 1. The molecule has 28 heavy (non-hydrogen) atoms. The number of hydrogen-bond donors (Lipinski definition) is 0. The van der Waals surface area contributed by atoms with E-state index in [0.717, 1.165) is 48.5 Å². The van der Waals surface area contributed by atoms with Crippen LogP contribution in [0.4, 0.5) is 0 Å². The van der Waals surface area contributed by atoms with E-state index in [4.69, 9.17) is 4.98 Å². The first-order chi connectivity index (χ1) is 13.7. The molecule has 0 bridgehead atoms. The SMILES string of the molecule is Cc1ncc(-c2ccncc2)c(C2CCCCN2C(=O)CCn2cccn2)n1. The van der Waals surface area contributed by atoms with E-state index in [9.17, 15) is 4.79 Å². The maximum atomic E-state index is 13.0. The Balaban J connectivity index is 1.62. The summed E-state index contributed by atoms with van der Waals surface area (Å²) in [7, 11) is 0. The number of aromatic nitrogens is 5. The summed E-state index contributed by atoms with van der Waals surface area (Å²) in [5, 5.41) is 4.20. The average molecular weight is 376 g/mol. The van der Waals surface area contributed by atoms with Gasteiger partial charge in [0.2, 0.25) is 5.91 Å². The van der Waals surface area contributed by atoms with Gasteiger partial charge in [0.1, 0.15) is 5.82 Å². The van der Waals surface area contributed by atoms with Crippen molar-refractivity contribution in [3.8, 4) is 11.1 Å². The quantitative estimate of drug-likeness (QED) is 0.683. The number of carbonyl (C=O) groups excluding carboxylic acids is 1. The number of likely N-dealkylation sites (tertiary alicyclic amines) is 1. The molecule has 0 saturated carbocycles. The molecule has 1 aliphatic rings. The summed E-state index contributed by atoms with van der Waals surface area (Å²) in [6.07, 6.45) is 12.5. The molecule has 1 unspecified atom stereocenters. The molecule has 0 aliphatic carbocycles. The maximum Gasteiger partial charge on any atom is 0.225 e. The molecular formula is C21H24N6O. The number of aryl methyl sites for hydroxylation is 2. The van der Waals surface area contributed by atoms with E-state index in [2.05, 4.69) is 15.1 Å². The maximum absolute atomic E-state index is 13.0. The lowest BCUT2D eigenvalue weighted by Crippen LogP contribution is -2.39. The second-order valence-corrected chi connectivity index (χ2v) is 7.07. The Morgan fingerprint density at radius 3 is 2.86 bits per heavy atom. The van der Waals surface area contributed by atoms with Crippen molar-refractivity contribution < 1.29 is 4.79 Å². The standard InChI is InChI=1S/C21H24N6O/c1-16-23-15-18(17-6-10-22-11-7-17)21(25-16)19-5-2-3-13-27(19)20(28)8-14-26-12-4-9-24-26/h4,6-7,9-12,15,19H,2-3,5,8,13-14H2,1H3. The summed E-state index contributed by atoms with van der Waals surface area (Å²) in [6.45, 7) is 3.25. The molecule has 1 atom stereocenters. The molecule has 0 N–H and O–H groups in total. The summed E-state index contributed by atoms with van der Waals surface area (Å²) in [4.78, 5) is 28.3. The van der Waals surface area contributed by atoms with Crippen molar-refractivity contribution >= 4 is 5.91 Å². The topological polar surface area (TPSA) is 76.8 Å². The number of hydrogen-bond acceptors (Lipinski definition) is 5. The molecule has 1 amide bonds. The minimum atomic E-state index is -0.0243. The van der Waals surface area contributed by atoms with Gasteiger partial charge in [0, 0.05) is 56.1 Å². The number of pyridine rings is 1. The van der Waals surface area contributed by atoms with E-state index in [0.29, 0.717) is 13.0 Å². The van der Waals surface area contributed by atoms with Gasteiger partial charge in [0.15, 0.2) is 0 Å². The molecule has 144 valence electrons. The number of amides is 1. The molecule has 7 heteroatoms. The fourth-order valence-electron chi connectivity index (χ4n) is 3.80. The highest BCUT2D eigenvalue weighted by Crippen LogP contribution is 2.35. The molecule has 0 spiro atoms. The van der Waals surface area contributed by atoms with Gasteiger partial charge in [0.25, 0.3) is 0 Å². The van der Waals surface area contributed by atoms with Gasteiger partial charge in [0.05, 0.1) is 11.7 Å². The Bertz CT molecular complexity index is 925. The average Bonchev–Trinajstić information content (AvgIpc) is 3.26. The molecule has 4 heterocycles. The van der Waals surface area contributed by atoms with Gasteiger partial charge >= 0.3 is 0 Å². The fourth-order valence-corrected chi connectivity index (χ4v) is 3.80. The number of piperidine rings is 1. The van der Waals surface area contributed by atoms with E-state index in [-0.39, 0.29) is 11.9 Å². The number of nitrogens with zero attached hydrogens (tertiary/aromatic N) is 6. The summed E-state index contributed by atoms with van der Waals surface area (Å²) in [5.74, 6) is 0.875. The van der Waals surface area contributed by atoms with Gasteiger partial charge in [-0.15, -0.1) is 0 Å². The number of rotatable bonds is 5. The highest BCUT2D eigenvalue weighted by molar-refractivity contribution is 5.77. The lowest BCUT2D eigenvalue weighted by molar-refractivity contribution is -0.135. The van der Waals surface area contributed by atoms with Gasteiger partial charge in [-0.05, 0) is 49.9 Å². The lowest BCUT2D eigenvalue weighted by Gasteiger charge is -2.36. The van der Waals surface area contributed by atoms with Crippen molar-refractivity contribution in [2.24, 2.45) is 0 Å². The van der Waals surface area contributed by atoms with Gasteiger partial charge in [-0.2, -0.15) is 5.10 Å². The molecule has 7 nitrogen and oxygen atoms in total. The van der Waals surface area contributed by atoms with Crippen molar-refractivity contribution in [3.63, 3.8) is 0 Å². The van der Waals surface area contributed by atoms with E-state index in [1.54, 1.807) is 23.3 Å². The van der Waals surface area contributed by atoms with Gasteiger partial charge in [-0.1, -0.05) is 0 Å². The van der Waals surface area contributed by atoms with Crippen molar-refractivity contribution in [2.45, 2.75) is 45.2 Å². The highest BCUT2D eigenvalue weighted by atomic mass is 16.2. The third-order valence-electron chi connectivity index (χ3n) is 5.18. The first kappa shape index (κ1) is 18.3. The van der Waals surface area contributed by atoms with Crippen LogP contribution < -0.4 is 0 Å². The normalized spacial score (nSPS) is 16.9. The zero-order valence-electron chi connectivity index (χ0n) is 16.0. The predicted octanol–water partition coefficient (Wildman–Crippen LogP) is 3.19. The van der Waals surface area contributed by atoms with Crippen molar-refractivity contribution in [1.82, 2.24) is 29.6 Å². The summed E-state index contributed by atoms with van der Waals surface area (Å²) in [5.41, 5.74) is 2.94. The Morgan fingerprint density at radius 2 is 2.07 bits per heavy atom. The molecular weight excluding hydrogens is 352 g/mol. The largest absolute Gasteiger partial charge is 0.334 e. The monoisotopic (exact) mass is 376 g/mol. The Morgan fingerprint density at radius 1 is 1.21 bits per heavy atom. The van der Waals surface area contributed by atoms with Crippen LogP contribution in [0.5, 0.6) is 0 Å². The van der Waals surface area contributed by atoms with Crippen molar-refractivity contribution in [3.05, 3.63) is 60.7 Å². The van der Waals surface area contributed by atoms with E-state index >= 15 is 0 Å². The molecule has 1 aliphatic heterocycles. The molecule has 1 fully saturated rings. The van der Waals surface area contributed by atoms with E-state index in [1.807, 2.05) is 42.4 Å². The van der Waals surface area contributed by atoms with Crippen LogP contribution in [0.1, 0.15) is 43.2 Å². The first-order valence-electron chi connectivity index (χ1n) is 9.73. The van der Waals surface area contributed by atoms with Crippen molar-refractivity contribution in [1.29, 1.82) is 0 Å². The van der Waals surface area contributed by atoms with Crippen molar-refractivity contribution in [2.75, 3.05) is 6.54 Å². The molecule has 3 aromatic rings.